The SMILES string of the molecule is COc1ccccc1OC(C)c1nnc(SC(C)C(=O)Nc2nc(C)cs2)n1C. The van der Waals surface area contributed by atoms with E-state index in [0.717, 1.165) is 5.69 Å². The summed E-state index contributed by atoms with van der Waals surface area (Å²) in [5, 5.41) is 14.1. The summed E-state index contributed by atoms with van der Waals surface area (Å²) < 4.78 is 13.2. The Kier molecular flexibility index (Phi) is 6.75. The number of amides is 1. The molecule has 0 aliphatic heterocycles. The number of nitrogens with zero attached hydrogens (tertiary/aromatic N) is 4. The highest BCUT2D eigenvalue weighted by molar-refractivity contribution is 8.00. The number of aryl methyl sites for hydroxylation is 1. The van der Waals surface area contributed by atoms with E-state index in [9.17, 15) is 4.79 Å². The molecule has 1 N–H and O–H groups in total. The first kappa shape index (κ1) is 21.1. The molecule has 2 unspecified atom stereocenters. The summed E-state index contributed by atoms with van der Waals surface area (Å²) in [6.45, 7) is 5.61. The van der Waals surface area contributed by atoms with Crippen molar-refractivity contribution in [3.05, 3.63) is 41.2 Å². The van der Waals surface area contributed by atoms with Crippen LogP contribution in [0.1, 0.15) is 31.5 Å². The van der Waals surface area contributed by atoms with Gasteiger partial charge < -0.3 is 19.4 Å². The lowest BCUT2D eigenvalue weighted by Crippen LogP contribution is -2.22. The minimum atomic E-state index is -0.361. The van der Waals surface area contributed by atoms with Gasteiger partial charge in [-0.15, -0.1) is 21.5 Å². The van der Waals surface area contributed by atoms with Crippen molar-refractivity contribution >= 4 is 34.1 Å². The Morgan fingerprint density at radius 2 is 1.97 bits per heavy atom. The lowest BCUT2D eigenvalue weighted by atomic mass is 10.3. The Bertz CT molecular complexity index is 988. The van der Waals surface area contributed by atoms with E-state index in [0.29, 0.717) is 27.6 Å². The Balaban J connectivity index is 1.65. The van der Waals surface area contributed by atoms with E-state index in [2.05, 4.69) is 20.5 Å². The van der Waals surface area contributed by atoms with E-state index in [1.807, 2.05) is 62.0 Å². The summed E-state index contributed by atoms with van der Waals surface area (Å²) in [7, 11) is 3.46. The predicted octanol–water partition coefficient (Wildman–Crippen LogP) is 3.85. The number of thiazole rings is 1. The van der Waals surface area contributed by atoms with Gasteiger partial charge in [0.25, 0.3) is 0 Å². The number of ether oxygens (including phenoxy) is 2. The molecular formula is C19H23N5O3S2. The van der Waals surface area contributed by atoms with E-state index in [1.54, 1.807) is 7.11 Å². The second-order valence-corrected chi connectivity index (χ2v) is 8.52. The smallest absolute Gasteiger partial charge is 0.239 e. The molecule has 0 bridgehead atoms. The number of anilines is 1. The van der Waals surface area contributed by atoms with E-state index in [4.69, 9.17) is 9.47 Å². The molecule has 1 aromatic carbocycles. The van der Waals surface area contributed by atoms with Crippen LogP contribution in [-0.4, -0.2) is 38.0 Å². The van der Waals surface area contributed by atoms with Gasteiger partial charge in [-0.1, -0.05) is 23.9 Å². The van der Waals surface area contributed by atoms with Gasteiger partial charge >= 0.3 is 0 Å². The van der Waals surface area contributed by atoms with E-state index >= 15 is 0 Å². The van der Waals surface area contributed by atoms with Crippen molar-refractivity contribution in [1.82, 2.24) is 19.7 Å². The van der Waals surface area contributed by atoms with Gasteiger partial charge in [-0.25, -0.2) is 4.98 Å². The molecule has 1 amide bonds. The molecule has 0 aliphatic carbocycles. The topological polar surface area (TPSA) is 91.2 Å². The first-order chi connectivity index (χ1) is 13.9. The molecule has 3 aromatic rings. The molecule has 8 nitrogen and oxygen atoms in total. The maximum absolute atomic E-state index is 12.4. The summed E-state index contributed by atoms with van der Waals surface area (Å²) >= 11 is 2.73. The average Bonchev–Trinajstić information content (AvgIpc) is 3.27. The van der Waals surface area contributed by atoms with Gasteiger partial charge in [-0.2, -0.15) is 0 Å². The number of hydrogen-bond acceptors (Lipinski definition) is 8. The first-order valence-electron chi connectivity index (χ1n) is 8.97. The van der Waals surface area contributed by atoms with E-state index in [-0.39, 0.29) is 17.3 Å². The third kappa shape index (κ3) is 5.07. The van der Waals surface area contributed by atoms with Gasteiger partial charge in [0, 0.05) is 12.4 Å². The van der Waals surface area contributed by atoms with Crippen LogP contribution >= 0.6 is 23.1 Å². The lowest BCUT2D eigenvalue weighted by molar-refractivity contribution is -0.115. The van der Waals surface area contributed by atoms with Crippen molar-refractivity contribution in [3.8, 4) is 11.5 Å². The number of nitrogens with one attached hydrogen (secondary N) is 1. The zero-order chi connectivity index (χ0) is 21.0. The molecule has 0 radical (unpaired) electrons. The molecule has 2 atom stereocenters. The molecule has 0 saturated carbocycles. The fourth-order valence-electron chi connectivity index (χ4n) is 2.57. The summed E-state index contributed by atoms with van der Waals surface area (Å²) in [5.41, 5.74) is 0.882. The molecule has 2 aromatic heterocycles. The maximum atomic E-state index is 12.4. The standard InChI is InChI=1S/C19H23N5O3S2/c1-11-10-28-18(20-11)21-17(25)13(3)29-19-23-22-16(24(19)4)12(2)27-15-9-7-6-8-14(15)26-5/h6-10,12-13H,1-5H3,(H,20,21,25). The molecule has 3 rings (SSSR count). The van der Waals surface area contributed by atoms with Crippen LogP contribution in [0.2, 0.25) is 0 Å². The highest BCUT2D eigenvalue weighted by Crippen LogP contribution is 2.31. The van der Waals surface area contributed by atoms with Gasteiger partial charge in [0.15, 0.2) is 33.7 Å². The van der Waals surface area contributed by atoms with Crippen LogP contribution in [-0.2, 0) is 11.8 Å². The first-order valence-corrected chi connectivity index (χ1v) is 10.7. The number of para-hydroxylation sites is 2. The Hall–Kier alpha value is -2.59. The quantitative estimate of drug-likeness (QED) is 0.540. The van der Waals surface area contributed by atoms with Crippen molar-refractivity contribution in [1.29, 1.82) is 0 Å². The molecule has 0 aliphatic rings. The van der Waals surface area contributed by atoms with Crippen molar-refractivity contribution in [2.45, 2.75) is 37.3 Å². The fourth-order valence-corrected chi connectivity index (χ4v) is 4.09. The molecular weight excluding hydrogens is 410 g/mol. The summed E-state index contributed by atoms with van der Waals surface area (Å²) in [6.07, 6.45) is -0.347. The van der Waals surface area contributed by atoms with Crippen LogP contribution < -0.4 is 14.8 Å². The molecule has 29 heavy (non-hydrogen) atoms. The van der Waals surface area contributed by atoms with Crippen LogP contribution in [0.4, 0.5) is 5.13 Å². The largest absolute Gasteiger partial charge is 0.493 e. The second-order valence-electron chi connectivity index (χ2n) is 6.35. The minimum Gasteiger partial charge on any atom is -0.493 e. The molecule has 10 heteroatoms. The number of rotatable bonds is 8. The predicted molar refractivity (Wildman–Crippen MR) is 114 cm³/mol. The highest BCUT2D eigenvalue weighted by atomic mass is 32.2. The van der Waals surface area contributed by atoms with Crippen LogP contribution in [0.5, 0.6) is 11.5 Å². The monoisotopic (exact) mass is 433 g/mol. The normalized spacial score (nSPS) is 13.0. The third-order valence-electron chi connectivity index (χ3n) is 4.11. The number of benzene rings is 1. The summed E-state index contributed by atoms with van der Waals surface area (Å²) in [6, 6.07) is 7.44. The van der Waals surface area contributed by atoms with Gasteiger partial charge in [0.05, 0.1) is 18.1 Å². The summed E-state index contributed by atoms with van der Waals surface area (Å²) in [5.74, 6) is 1.80. The maximum Gasteiger partial charge on any atom is 0.239 e. The second kappa shape index (κ2) is 9.27. The van der Waals surface area contributed by atoms with Crippen LogP contribution in [0.25, 0.3) is 0 Å². The molecule has 2 heterocycles. The van der Waals surface area contributed by atoms with E-state index in [1.165, 1.54) is 23.1 Å². The minimum absolute atomic E-state index is 0.132. The zero-order valence-corrected chi connectivity index (χ0v) is 18.5. The molecule has 0 saturated heterocycles. The van der Waals surface area contributed by atoms with Crippen molar-refractivity contribution < 1.29 is 14.3 Å². The highest BCUT2D eigenvalue weighted by Gasteiger charge is 2.22. The van der Waals surface area contributed by atoms with Crippen LogP contribution in [0, 0.1) is 6.92 Å². The zero-order valence-electron chi connectivity index (χ0n) is 16.9. The van der Waals surface area contributed by atoms with Crippen molar-refractivity contribution in [2.24, 2.45) is 7.05 Å². The van der Waals surface area contributed by atoms with Crippen LogP contribution in [0.3, 0.4) is 0 Å². The number of thioether (sulfide) groups is 1. The third-order valence-corrected chi connectivity index (χ3v) is 6.12. The number of methoxy groups -OCH3 is 1. The van der Waals surface area contributed by atoms with Gasteiger partial charge in [0.1, 0.15) is 0 Å². The number of hydrogen-bond donors (Lipinski definition) is 1. The van der Waals surface area contributed by atoms with Gasteiger partial charge in [-0.05, 0) is 32.9 Å². The van der Waals surface area contributed by atoms with Gasteiger partial charge in [0.2, 0.25) is 5.91 Å². The van der Waals surface area contributed by atoms with Gasteiger partial charge in [-0.3, -0.25) is 4.79 Å². The van der Waals surface area contributed by atoms with Crippen molar-refractivity contribution in [2.75, 3.05) is 12.4 Å². The average molecular weight is 434 g/mol. The molecule has 0 fully saturated rings. The lowest BCUT2D eigenvalue weighted by Gasteiger charge is -2.16. The molecule has 0 spiro atoms. The fraction of sp³-hybridized carbons (Fsp3) is 0.368. The van der Waals surface area contributed by atoms with E-state index < -0.39 is 0 Å². The number of carbonyl (C=O) groups excluding carboxylic acids is 1. The summed E-state index contributed by atoms with van der Waals surface area (Å²) in [4.78, 5) is 16.7. The Labute approximate surface area is 177 Å². The van der Waals surface area contributed by atoms with Crippen molar-refractivity contribution in [3.63, 3.8) is 0 Å². The Morgan fingerprint density at radius 1 is 1.24 bits per heavy atom. The van der Waals surface area contributed by atoms with Crippen LogP contribution in [0.15, 0.2) is 34.8 Å². The Morgan fingerprint density at radius 3 is 2.62 bits per heavy atom. The molecule has 154 valence electrons. The number of aromatic nitrogens is 4. The number of carbonyl (C=O) groups is 1.